The van der Waals surface area contributed by atoms with Gasteiger partial charge in [-0.05, 0) is 74.3 Å². The second kappa shape index (κ2) is 5.12. The molecule has 0 bridgehead atoms. The molecule has 0 aromatic heterocycles. The van der Waals surface area contributed by atoms with Crippen molar-refractivity contribution >= 4 is 11.6 Å². The molecule has 4 aliphatic rings. The van der Waals surface area contributed by atoms with E-state index in [0.717, 1.165) is 49.7 Å². The smallest absolute Gasteiger partial charge is 0.197 e. The predicted octanol–water partition coefficient (Wildman–Crippen LogP) is 2.69. The van der Waals surface area contributed by atoms with Gasteiger partial charge in [0.2, 0.25) is 0 Å². The van der Waals surface area contributed by atoms with Crippen molar-refractivity contribution in [2.75, 3.05) is 0 Å². The van der Waals surface area contributed by atoms with E-state index in [2.05, 4.69) is 6.92 Å². The highest BCUT2D eigenvalue weighted by Gasteiger charge is 2.56. The Morgan fingerprint density at radius 3 is 2.67 bits per heavy atom. The van der Waals surface area contributed by atoms with Crippen molar-refractivity contribution in [1.29, 1.82) is 0 Å². The van der Waals surface area contributed by atoms with E-state index in [1.165, 1.54) is 0 Å². The lowest BCUT2D eigenvalue weighted by Crippen LogP contribution is -2.45. The molecule has 0 radical (unpaired) electrons. The first-order valence-electron chi connectivity index (χ1n) is 9.16. The van der Waals surface area contributed by atoms with Crippen molar-refractivity contribution in [3.8, 4) is 0 Å². The molecule has 0 heterocycles. The number of aliphatic hydroxyl groups is 2. The number of Topliss-reactive ketones (excluding diaryl/α,β-unsaturated/α-hetero) is 1. The van der Waals surface area contributed by atoms with Crippen LogP contribution in [0.25, 0.3) is 0 Å². The fourth-order valence-electron chi connectivity index (χ4n) is 6.35. The fourth-order valence-corrected chi connectivity index (χ4v) is 6.35. The minimum Gasteiger partial charge on any atom is -0.362 e. The minimum absolute atomic E-state index is 0.0415. The number of carbonyl (C=O) groups is 2. The van der Waals surface area contributed by atoms with Gasteiger partial charge < -0.3 is 10.2 Å². The zero-order chi connectivity index (χ0) is 17.3. The second-order valence-corrected chi connectivity index (χ2v) is 8.53. The van der Waals surface area contributed by atoms with E-state index < -0.39 is 5.79 Å². The van der Waals surface area contributed by atoms with Crippen molar-refractivity contribution in [3.63, 3.8) is 0 Å². The Hall–Kier alpha value is -1.26. The summed E-state index contributed by atoms with van der Waals surface area (Å²) in [5, 5.41) is 21.0. The Morgan fingerprint density at radius 2 is 1.96 bits per heavy atom. The molecule has 4 heteroatoms. The van der Waals surface area contributed by atoms with Gasteiger partial charge in [-0.25, -0.2) is 0 Å². The maximum Gasteiger partial charge on any atom is 0.197 e. The summed E-state index contributed by atoms with van der Waals surface area (Å²) in [5.74, 6) is -0.997. The largest absolute Gasteiger partial charge is 0.362 e. The minimum atomic E-state index is -2.01. The normalized spacial score (nSPS) is 40.6. The highest BCUT2D eigenvalue weighted by molar-refractivity contribution is 5.94. The number of fused-ring (bicyclic) bond motifs is 4. The number of hydrogen-bond acceptors (Lipinski definition) is 4. The molecule has 130 valence electrons. The van der Waals surface area contributed by atoms with Crippen LogP contribution in [0.15, 0.2) is 22.8 Å². The van der Waals surface area contributed by atoms with Gasteiger partial charge >= 0.3 is 0 Å². The van der Waals surface area contributed by atoms with E-state index in [-0.39, 0.29) is 23.5 Å². The van der Waals surface area contributed by atoms with Crippen LogP contribution in [0.1, 0.15) is 58.8 Å². The van der Waals surface area contributed by atoms with Gasteiger partial charge in [-0.2, -0.15) is 0 Å². The molecule has 2 N–H and O–H groups in total. The molecule has 4 rings (SSSR count). The summed E-state index contributed by atoms with van der Waals surface area (Å²) in [6, 6.07) is 0. The van der Waals surface area contributed by atoms with Crippen molar-refractivity contribution < 1.29 is 19.8 Å². The zero-order valence-corrected chi connectivity index (χ0v) is 14.5. The summed E-state index contributed by atoms with van der Waals surface area (Å²) in [4.78, 5) is 23.9. The van der Waals surface area contributed by atoms with Crippen molar-refractivity contribution in [2.45, 2.75) is 64.6 Å². The van der Waals surface area contributed by atoms with E-state index in [1.807, 2.05) is 0 Å². The molecule has 4 aliphatic carbocycles. The van der Waals surface area contributed by atoms with Crippen LogP contribution in [0, 0.1) is 23.2 Å². The molecule has 0 spiro atoms. The average molecular weight is 330 g/mol. The average Bonchev–Trinajstić information content (AvgIpc) is 2.83. The predicted molar refractivity (Wildman–Crippen MR) is 88.9 cm³/mol. The third-order valence-corrected chi connectivity index (χ3v) is 7.29. The maximum absolute atomic E-state index is 12.1. The van der Waals surface area contributed by atoms with Crippen molar-refractivity contribution in [1.82, 2.24) is 0 Å². The Morgan fingerprint density at radius 1 is 1.21 bits per heavy atom. The number of allylic oxidation sites excluding steroid dienone is 2. The SMILES string of the molecule is CC(=O)[C@@H]1CC[C@H]2[C@@H]3CCC4=CC(=O)CC(O)(O)C4=C3CC[C@]12C. The maximum atomic E-state index is 12.1. The van der Waals surface area contributed by atoms with Gasteiger partial charge in [0.25, 0.3) is 0 Å². The van der Waals surface area contributed by atoms with Crippen LogP contribution in [-0.4, -0.2) is 27.6 Å². The quantitative estimate of drug-likeness (QED) is 0.725. The summed E-state index contributed by atoms with van der Waals surface area (Å²) in [6.45, 7) is 3.98. The molecule has 0 saturated heterocycles. The highest BCUT2D eigenvalue weighted by atomic mass is 16.5. The second-order valence-electron chi connectivity index (χ2n) is 8.53. The molecule has 0 aromatic rings. The van der Waals surface area contributed by atoms with Gasteiger partial charge in [0.05, 0.1) is 6.42 Å². The zero-order valence-electron chi connectivity index (χ0n) is 14.5. The number of carbonyl (C=O) groups excluding carboxylic acids is 2. The Balaban J connectivity index is 1.78. The molecule has 4 atom stereocenters. The lowest BCUT2D eigenvalue weighted by atomic mass is 9.55. The van der Waals surface area contributed by atoms with Crippen LogP contribution in [0.2, 0.25) is 0 Å². The molecule has 0 aliphatic heterocycles. The molecule has 2 fully saturated rings. The molecule has 4 nitrogen and oxygen atoms in total. The van der Waals surface area contributed by atoms with E-state index in [4.69, 9.17) is 0 Å². The van der Waals surface area contributed by atoms with Gasteiger partial charge in [-0.15, -0.1) is 0 Å². The number of ketones is 2. The van der Waals surface area contributed by atoms with Crippen LogP contribution < -0.4 is 0 Å². The first-order valence-corrected chi connectivity index (χ1v) is 9.16. The lowest BCUT2D eigenvalue weighted by molar-refractivity contribution is -0.150. The van der Waals surface area contributed by atoms with Crippen LogP contribution in [-0.2, 0) is 9.59 Å². The Bertz CT molecular complexity index is 684. The third-order valence-electron chi connectivity index (χ3n) is 7.29. The van der Waals surface area contributed by atoms with Crippen molar-refractivity contribution in [2.24, 2.45) is 23.2 Å². The highest BCUT2D eigenvalue weighted by Crippen LogP contribution is 2.62. The molecule has 2 saturated carbocycles. The van der Waals surface area contributed by atoms with E-state index in [0.29, 0.717) is 23.2 Å². The number of rotatable bonds is 1. The van der Waals surface area contributed by atoms with Crippen LogP contribution in [0.4, 0.5) is 0 Å². The molecule has 0 unspecified atom stereocenters. The van der Waals surface area contributed by atoms with Gasteiger partial charge in [0, 0.05) is 11.5 Å². The van der Waals surface area contributed by atoms with Gasteiger partial charge in [-0.1, -0.05) is 12.5 Å². The third kappa shape index (κ3) is 2.12. The van der Waals surface area contributed by atoms with E-state index in [9.17, 15) is 19.8 Å². The summed E-state index contributed by atoms with van der Waals surface area (Å²) >= 11 is 0. The van der Waals surface area contributed by atoms with E-state index >= 15 is 0 Å². The van der Waals surface area contributed by atoms with Crippen molar-refractivity contribution in [3.05, 3.63) is 22.8 Å². The standard InChI is InChI=1S/C20H26O4/c1-11(21)16-5-6-17-14-4-3-12-9-13(22)10-20(23,24)18(12)15(14)7-8-19(16,17)2/h9,14,16-17,23-24H,3-8,10H2,1-2H3/t14-,16+,17+,19-/m1/s1. The topological polar surface area (TPSA) is 74.6 Å². The van der Waals surface area contributed by atoms with E-state index in [1.54, 1.807) is 13.0 Å². The van der Waals surface area contributed by atoms with Gasteiger partial charge in [0.15, 0.2) is 11.6 Å². The molecular weight excluding hydrogens is 304 g/mol. The summed E-state index contributed by atoms with van der Waals surface area (Å²) < 4.78 is 0. The van der Waals surface area contributed by atoms with Crippen LogP contribution in [0.3, 0.4) is 0 Å². The summed E-state index contributed by atoms with van der Waals surface area (Å²) in [7, 11) is 0. The molecular formula is C20H26O4. The molecule has 24 heavy (non-hydrogen) atoms. The fraction of sp³-hybridized carbons (Fsp3) is 0.700. The molecule has 0 amide bonds. The molecule has 0 aromatic carbocycles. The van der Waals surface area contributed by atoms with Crippen LogP contribution >= 0.6 is 0 Å². The monoisotopic (exact) mass is 330 g/mol. The Kier molecular flexibility index (Phi) is 3.46. The first kappa shape index (κ1) is 16.2. The summed E-state index contributed by atoms with van der Waals surface area (Å²) in [6.07, 6.45) is 6.81. The Labute approximate surface area is 142 Å². The van der Waals surface area contributed by atoms with Gasteiger partial charge in [0.1, 0.15) is 5.78 Å². The summed E-state index contributed by atoms with van der Waals surface area (Å²) in [5.41, 5.74) is 2.65. The van der Waals surface area contributed by atoms with Crippen LogP contribution in [0.5, 0.6) is 0 Å². The first-order chi connectivity index (χ1) is 11.2. The number of hydrogen-bond donors (Lipinski definition) is 2. The van der Waals surface area contributed by atoms with Gasteiger partial charge in [-0.3, -0.25) is 9.59 Å². The lowest BCUT2D eigenvalue weighted by Gasteiger charge is -2.50.